The number of halogens is 1. The molecule has 1 rings (SSSR count). The quantitative estimate of drug-likeness (QED) is 0.515. The third-order valence-electron chi connectivity index (χ3n) is 1.93. The SMILES string of the molecule is C=CCN(CC=C)S(=O)(=O)n1cc(S(=O)(=O)Cl)nn1. The number of nitrogens with zero attached hydrogens (tertiary/aromatic N) is 4. The zero-order valence-electron chi connectivity index (χ0n) is 9.68. The highest BCUT2D eigenvalue weighted by molar-refractivity contribution is 8.13. The van der Waals surface area contributed by atoms with E-state index in [1.807, 2.05) is 0 Å². The van der Waals surface area contributed by atoms with Crippen molar-refractivity contribution in [3.8, 4) is 0 Å². The maximum Gasteiger partial charge on any atom is 0.324 e. The summed E-state index contributed by atoms with van der Waals surface area (Å²) in [7, 11) is -3.15. The fraction of sp³-hybridized carbons (Fsp3) is 0.250. The summed E-state index contributed by atoms with van der Waals surface area (Å²) in [6.07, 6.45) is 3.46. The Morgan fingerprint density at radius 1 is 1.26 bits per heavy atom. The van der Waals surface area contributed by atoms with Crippen molar-refractivity contribution in [1.29, 1.82) is 0 Å². The number of aromatic nitrogens is 3. The summed E-state index contributed by atoms with van der Waals surface area (Å²) < 4.78 is 47.6. The molecule has 0 unspecified atom stereocenters. The van der Waals surface area contributed by atoms with Gasteiger partial charge in [0.15, 0.2) is 0 Å². The first-order valence-corrected chi connectivity index (χ1v) is 8.53. The molecule has 0 N–H and O–H groups in total. The van der Waals surface area contributed by atoms with Gasteiger partial charge in [-0.3, -0.25) is 0 Å². The van der Waals surface area contributed by atoms with E-state index in [1.54, 1.807) is 0 Å². The van der Waals surface area contributed by atoms with Gasteiger partial charge in [-0.05, 0) is 5.21 Å². The molecule has 0 aliphatic rings. The largest absolute Gasteiger partial charge is 0.324 e. The first kappa shape index (κ1) is 15.8. The molecule has 0 saturated heterocycles. The molecule has 0 spiro atoms. The second kappa shape index (κ2) is 5.82. The predicted molar refractivity (Wildman–Crippen MR) is 69.3 cm³/mol. The van der Waals surface area contributed by atoms with Crippen LogP contribution in [0.1, 0.15) is 0 Å². The zero-order chi connectivity index (χ0) is 14.7. The summed E-state index contributed by atoms with van der Waals surface area (Å²) in [5.41, 5.74) is 0. The molecule has 1 aromatic heterocycles. The monoisotopic (exact) mass is 326 g/mol. The number of hydrogen-bond donors (Lipinski definition) is 0. The minimum absolute atomic E-state index is 0.0111. The smallest absolute Gasteiger partial charge is 0.205 e. The Kier molecular flexibility index (Phi) is 4.85. The minimum Gasteiger partial charge on any atom is -0.205 e. The van der Waals surface area contributed by atoms with Gasteiger partial charge >= 0.3 is 10.2 Å². The Morgan fingerprint density at radius 2 is 1.79 bits per heavy atom. The highest BCUT2D eigenvalue weighted by Crippen LogP contribution is 2.12. The van der Waals surface area contributed by atoms with Crippen LogP contribution in [0.5, 0.6) is 0 Å². The minimum atomic E-state index is -4.14. The second-order valence-corrected chi connectivity index (χ2v) is 7.57. The lowest BCUT2D eigenvalue weighted by atomic mass is 10.5. The van der Waals surface area contributed by atoms with E-state index < -0.39 is 24.3 Å². The topological polar surface area (TPSA) is 102 Å². The van der Waals surface area contributed by atoms with E-state index >= 15 is 0 Å². The molecule has 1 aromatic rings. The van der Waals surface area contributed by atoms with Crippen LogP contribution < -0.4 is 0 Å². The number of rotatable bonds is 7. The lowest BCUT2D eigenvalue weighted by Gasteiger charge is -2.17. The van der Waals surface area contributed by atoms with Crippen LogP contribution in [-0.4, -0.2) is 48.6 Å². The van der Waals surface area contributed by atoms with Crippen molar-refractivity contribution in [2.24, 2.45) is 0 Å². The molecule has 0 saturated carbocycles. The van der Waals surface area contributed by atoms with Crippen LogP contribution in [0.4, 0.5) is 0 Å². The van der Waals surface area contributed by atoms with Gasteiger partial charge < -0.3 is 0 Å². The van der Waals surface area contributed by atoms with Gasteiger partial charge in [-0.1, -0.05) is 12.2 Å². The van der Waals surface area contributed by atoms with E-state index in [4.69, 9.17) is 10.7 Å². The van der Waals surface area contributed by atoms with Crippen molar-refractivity contribution in [2.45, 2.75) is 5.03 Å². The Labute approximate surface area is 115 Å². The van der Waals surface area contributed by atoms with Crippen LogP contribution in [0.2, 0.25) is 0 Å². The van der Waals surface area contributed by atoms with Crippen molar-refractivity contribution in [3.63, 3.8) is 0 Å². The van der Waals surface area contributed by atoms with Crippen molar-refractivity contribution < 1.29 is 16.8 Å². The summed E-state index contributed by atoms with van der Waals surface area (Å²) in [6.45, 7) is 6.89. The molecule has 11 heteroatoms. The molecule has 0 bridgehead atoms. The van der Waals surface area contributed by atoms with E-state index in [-0.39, 0.29) is 13.1 Å². The second-order valence-electron chi connectivity index (χ2n) is 3.27. The summed E-state index contributed by atoms with van der Waals surface area (Å²) >= 11 is 0. The molecule has 0 atom stereocenters. The average Bonchev–Trinajstić information content (AvgIpc) is 2.78. The molecule has 1 heterocycles. The fourth-order valence-corrected chi connectivity index (χ4v) is 2.95. The summed E-state index contributed by atoms with van der Waals surface area (Å²) in [4.78, 5) is 0. The third kappa shape index (κ3) is 3.62. The molecule has 0 aromatic carbocycles. The van der Waals surface area contributed by atoms with Gasteiger partial charge in [0.2, 0.25) is 5.03 Å². The molecule has 0 aliphatic heterocycles. The van der Waals surface area contributed by atoms with Gasteiger partial charge in [0, 0.05) is 23.8 Å². The van der Waals surface area contributed by atoms with E-state index in [0.29, 0.717) is 4.09 Å². The van der Waals surface area contributed by atoms with Gasteiger partial charge in [-0.25, -0.2) is 8.42 Å². The van der Waals surface area contributed by atoms with E-state index in [9.17, 15) is 16.8 Å². The average molecular weight is 327 g/mol. The van der Waals surface area contributed by atoms with Crippen molar-refractivity contribution >= 4 is 29.9 Å². The van der Waals surface area contributed by atoms with Crippen LogP contribution in [0.25, 0.3) is 0 Å². The Bertz CT molecular complexity index is 669. The van der Waals surface area contributed by atoms with Crippen molar-refractivity contribution in [1.82, 2.24) is 18.7 Å². The number of hydrogen-bond acceptors (Lipinski definition) is 6. The molecule has 19 heavy (non-hydrogen) atoms. The van der Waals surface area contributed by atoms with Gasteiger partial charge in [0.1, 0.15) is 0 Å². The van der Waals surface area contributed by atoms with Crippen molar-refractivity contribution in [2.75, 3.05) is 13.1 Å². The molecule has 0 radical (unpaired) electrons. The fourth-order valence-electron chi connectivity index (χ4n) is 1.13. The molecule has 0 amide bonds. The highest BCUT2D eigenvalue weighted by Gasteiger charge is 2.26. The first-order valence-electron chi connectivity index (χ1n) is 4.83. The van der Waals surface area contributed by atoms with Crippen LogP contribution >= 0.6 is 10.7 Å². The predicted octanol–water partition coefficient (Wildman–Crippen LogP) is -0.0275. The standard InChI is InChI=1S/C8H11ClN4O4S2/c1-3-5-12(6-4-2)19(16,17)13-7-8(10-11-13)18(9,14)15/h3-4,7H,1-2,5-6H2. The van der Waals surface area contributed by atoms with Crippen LogP contribution in [0, 0.1) is 0 Å². The molecule has 0 fully saturated rings. The normalized spacial score (nSPS) is 12.5. The van der Waals surface area contributed by atoms with Crippen LogP contribution in [0.3, 0.4) is 0 Å². The zero-order valence-corrected chi connectivity index (χ0v) is 12.1. The van der Waals surface area contributed by atoms with Crippen molar-refractivity contribution in [3.05, 3.63) is 31.5 Å². The van der Waals surface area contributed by atoms with E-state index in [2.05, 4.69) is 23.5 Å². The Balaban J connectivity index is 3.22. The third-order valence-corrected chi connectivity index (χ3v) is 4.69. The summed E-state index contributed by atoms with van der Waals surface area (Å²) in [5.74, 6) is 0. The maximum absolute atomic E-state index is 12.1. The first-order chi connectivity index (χ1) is 8.73. The summed E-state index contributed by atoms with van der Waals surface area (Å²) in [6, 6.07) is 0. The lowest BCUT2D eigenvalue weighted by molar-refractivity contribution is 0.459. The molecule has 0 aliphatic carbocycles. The van der Waals surface area contributed by atoms with Gasteiger partial charge in [0.25, 0.3) is 9.05 Å². The maximum atomic E-state index is 12.1. The van der Waals surface area contributed by atoms with Crippen LogP contribution in [0.15, 0.2) is 36.5 Å². The molecular formula is C8H11ClN4O4S2. The molecular weight excluding hydrogens is 316 g/mol. The van der Waals surface area contributed by atoms with Gasteiger partial charge in [-0.2, -0.15) is 12.7 Å². The summed E-state index contributed by atoms with van der Waals surface area (Å²) in [5, 5.41) is 5.79. The lowest BCUT2D eigenvalue weighted by Crippen LogP contribution is -2.36. The van der Waals surface area contributed by atoms with Crippen LogP contribution in [-0.2, 0) is 19.3 Å². The van der Waals surface area contributed by atoms with Gasteiger partial charge in [0.05, 0.1) is 6.20 Å². The van der Waals surface area contributed by atoms with Gasteiger partial charge in [-0.15, -0.1) is 22.3 Å². The Hall–Kier alpha value is -1.23. The molecule has 106 valence electrons. The van der Waals surface area contributed by atoms with E-state index in [0.717, 1.165) is 10.5 Å². The Morgan fingerprint density at radius 3 is 2.16 bits per heavy atom. The van der Waals surface area contributed by atoms with E-state index in [1.165, 1.54) is 12.2 Å². The highest BCUT2D eigenvalue weighted by atomic mass is 35.7. The molecule has 8 nitrogen and oxygen atoms in total.